The number of aryl methyl sites for hydroxylation is 2. The van der Waals surface area contributed by atoms with E-state index in [0.717, 1.165) is 34.6 Å². The fraction of sp³-hybridized carbons (Fsp3) is 0.208. The molecular formula is C24H25N3O3. The summed E-state index contributed by atoms with van der Waals surface area (Å²) < 4.78 is 11.7. The van der Waals surface area contributed by atoms with Gasteiger partial charge in [-0.05, 0) is 54.8 Å². The zero-order valence-corrected chi connectivity index (χ0v) is 17.2. The second-order valence-electron chi connectivity index (χ2n) is 6.78. The number of carbonyl (C=O) groups is 1. The molecule has 3 aromatic rings. The van der Waals surface area contributed by atoms with Crippen LogP contribution in [0.1, 0.15) is 33.5 Å². The summed E-state index contributed by atoms with van der Waals surface area (Å²) >= 11 is 0. The third kappa shape index (κ3) is 6.17. The molecule has 6 nitrogen and oxygen atoms in total. The molecule has 1 aromatic heterocycles. The number of hydrazone groups is 1. The number of rotatable bonds is 9. The summed E-state index contributed by atoms with van der Waals surface area (Å²) in [6.45, 7) is 5.23. The van der Waals surface area contributed by atoms with Gasteiger partial charge in [-0.3, -0.25) is 9.78 Å². The summed E-state index contributed by atoms with van der Waals surface area (Å²) in [6, 6.07) is 16.9. The lowest BCUT2D eigenvalue weighted by molar-refractivity contribution is 0.0955. The van der Waals surface area contributed by atoms with Crippen molar-refractivity contribution in [3.63, 3.8) is 0 Å². The zero-order chi connectivity index (χ0) is 21.2. The monoisotopic (exact) mass is 403 g/mol. The Labute approximate surface area is 176 Å². The second kappa shape index (κ2) is 10.8. The van der Waals surface area contributed by atoms with Gasteiger partial charge in [-0.2, -0.15) is 5.10 Å². The van der Waals surface area contributed by atoms with Gasteiger partial charge >= 0.3 is 0 Å². The van der Waals surface area contributed by atoms with Crippen LogP contribution in [0.5, 0.6) is 11.5 Å². The predicted octanol–water partition coefficient (Wildman–Crippen LogP) is 4.31. The van der Waals surface area contributed by atoms with Gasteiger partial charge in [0, 0.05) is 24.4 Å². The van der Waals surface area contributed by atoms with E-state index in [1.54, 1.807) is 30.7 Å². The first kappa shape index (κ1) is 21.0. The van der Waals surface area contributed by atoms with Gasteiger partial charge in [0.1, 0.15) is 11.5 Å². The quantitative estimate of drug-likeness (QED) is 0.328. The van der Waals surface area contributed by atoms with E-state index in [2.05, 4.69) is 15.5 Å². The topological polar surface area (TPSA) is 72.8 Å². The molecule has 0 bridgehead atoms. The van der Waals surface area contributed by atoms with Crippen molar-refractivity contribution in [2.75, 3.05) is 13.2 Å². The third-order valence-corrected chi connectivity index (χ3v) is 4.39. The van der Waals surface area contributed by atoms with Crippen molar-refractivity contribution in [1.82, 2.24) is 10.4 Å². The lowest BCUT2D eigenvalue weighted by Crippen LogP contribution is -2.17. The maximum Gasteiger partial charge on any atom is 0.271 e. The Morgan fingerprint density at radius 2 is 1.70 bits per heavy atom. The number of para-hydroxylation sites is 1. The van der Waals surface area contributed by atoms with Gasteiger partial charge < -0.3 is 9.47 Å². The van der Waals surface area contributed by atoms with E-state index < -0.39 is 0 Å². The van der Waals surface area contributed by atoms with Gasteiger partial charge in [-0.15, -0.1) is 0 Å². The largest absolute Gasteiger partial charge is 0.493 e. The molecule has 0 atom stereocenters. The average Bonchev–Trinajstić information content (AvgIpc) is 2.76. The van der Waals surface area contributed by atoms with Crippen LogP contribution in [0.15, 0.2) is 72.1 Å². The Kier molecular flexibility index (Phi) is 7.55. The molecule has 30 heavy (non-hydrogen) atoms. The SMILES string of the molecule is Cc1cccc(C)c1OCCCOc1cccc(/C=N/NC(=O)c2ccncc2)c1. The Balaban J connectivity index is 1.43. The summed E-state index contributed by atoms with van der Waals surface area (Å²) in [5, 5.41) is 4.00. The van der Waals surface area contributed by atoms with Gasteiger partial charge in [0.05, 0.1) is 19.4 Å². The number of aromatic nitrogens is 1. The Morgan fingerprint density at radius 1 is 1.00 bits per heavy atom. The summed E-state index contributed by atoms with van der Waals surface area (Å²) in [5.74, 6) is 1.40. The molecule has 154 valence electrons. The lowest BCUT2D eigenvalue weighted by atomic mass is 10.1. The van der Waals surface area contributed by atoms with Gasteiger partial charge in [0.2, 0.25) is 0 Å². The molecule has 0 aliphatic carbocycles. The third-order valence-electron chi connectivity index (χ3n) is 4.39. The second-order valence-corrected chi connectivity index (χ2v) is 6.78. The van der Waals surface area contributed by atoms with Crippen LogP contribution >= 0.6 is 0 Å². The van der Waals surface area contributed by atoms with Crippen LogP contribution < -0.4 is 14.9 Å². The minimum Gasteiger partial charge on any atom is -0.493 e. The molecule has 0 saturated heterocycles. The standard InChI is InChI=1S/C24H25N3O3/c1-18-6-3-7-19(2)23(18)30-15-5-14-29-22-9-4-8-20(16-22)17-26-27-24(28)21-10-12-25-13-11-21/h3-4,6-13,16-17H,5,14-15H2,1-2H3,(H,27,28)/b26-17+. The van der Waals surface area contributed by atoms with Crippen LogP contribution in [-0.2, 0) is 0 Å². The highest BCUT2D eigenvalue weighted by Gasteiger charge is 2.04. The molecule has 0 radical (unpaired) electrons. The van der Waals surface area contributed by atoms with Crippen molar-refractivity contribution < 1.29 is 14.3 Å². The first-order chi connectivity index (χ1) is 14.6. The van der Waals surface area contributed by atoms with Crippen LogP contribution in [0, 0.1) is 13.8 Å². The normalized spacial score (nSPS) is 10.7. The van der Waals surface area contributed by atoms with Gasteiger partial charge in [-0.1, -0.05) is 30.3 Å². The van der Waals surface area contributed by atoms with Gasteiger partial charge in [0.25, 0.3) is 5.91 Å². The number of pyridine rings is 1. The smallest absolute Gasteiger partial charge is 0.271 e. The van der Waals surface area contributed by atoms with Crippen LogP contribution in [0.25, 0.3) is 0 Å². The van der Waals surface area contributed by atoms with Crippen molar-refractivity contribution in [3.8, 4) is 11.5 Å². The lowest BCUT2D eigenvalue weighted by Gasteiger charge is -2.12. The van der Waals surface area contributed by atoms with E-state index >= 15 is 0 Å². The van der Waals surface area contributed by atoms with Crippen LogP contribution in [0.3, 0.4) is 0 Å². The first-order valence-corrected chi connectivity index (χ1v) is 9.79. The van der Waals surface area contributed by atoms with E-state index in [-0.39, 0.29) is 5.91 Å². The van der Waals surface area contributed by atoms with Gasteiger partial charge in [0.15, 0.2) is 0 Å². The molecule has 1 heterocycles. The van der Waals surface area contributed by atoms with Crippen LogP contribution in [0.2, 0.25) is 0 Å². The zero-order valence-electron chi connectivity index (χ0n) is 17.2. The van der Waals surface area contributed by atoms with Crippen LogP contribution in [-0.4, -0.2) is 30.3 Å². The van der Waals surface area contributed by atoms with Crippen LogP contribution in [0.4, 0.5) is 0 Å². The van der Waals surface area contributed by atoms with E-state index in [0.29, 0.717) is 18.8 Å². The molecule has 6 heteroatoms. The molecule has 0 aliphatic rings. The van der Waals surface area contributed by atoms with E-state index in [4.69, 9.17) is 9.47 Å². The van der Waals surface area contributed by atoms with Crippen molar-refractivity contribution in [2.45, 2.75) is 20.3 Å². The molecule has 0 fully saturated rings. The maximum absolute atomic E-state index is 12.0. The highest BCUT2D eigenvalue weighted by Crippen LogP contribution is 2.22. The first-order valence-electron chi connectivity index (χ1n) is 9.79. The molecule has 0 spiro atoms. The highest BCUT2D eigenvalue weighted by atomic mass is 16.5. The Morgan fingerprint density at radius 3 is 2.47 bits per heavy atom. The number of amides is 1. The van der Waals surface area contributed by atoms with E-state index in [1.807, 2.05) is 56.3 Å². The Hall–Kier alpha value is -3.67. The minimum absolute atomic E-state index is 0.287. The average molecular weight is 403 g/mol. The fourth-order valence-corrected chi connectivity index (χ4v) is 2.87. The van der Waals surface area contributed by atoms with Crippen molar-refractivity contribution in [3.05, 3.63) is 89.2 Å². The molecule has 1 amide bonds. The molecule has 3 rings (SSSR count). The summed E-state index contributed by atoms with van der Waals surface area (Å²) in [7, 11) is 0. The van der Waals surface area contributed by atoms with Crippen molar-refractivity contribution in [2.24, 2.45) is 5.10 Å². The van der Waals surface area contributed by atoms with Crippen molar-refractivity contribution >= 4 is 12.1 Å². The maximum atomic E-state index is 12.0. The highest BCUT2D eigenvalue weighted by molar-refractivity contribution is 5.94. The van der Waals surface area contributed by atoms with Gasteiger partial charge in [-0.25, -0.2) is 5.43 Å². The number of benzene rings is 2. The number of carbonyl (C=O) groups excluding carboxylic acids is 1. The van der Waals surface area contributed by atoms with E-state index in [1.165, 1.54) is 0 Å². The number of ether oxygens (including phenoxy) is 2. The minimum atomic E-state index is -0.287. The summed E-state index contributed by atoms with van der Waals surface area (Å²) in [4.78, 5) is 15.8. The molecule has 0 unspecified atom stereocenters. The molecule has 2 aromatic carbocycles. The number of hydrogen-bond acceptors (Lipinski definition) is 5. The number of hydrogen-bond donors (Lipinski definition) is 1. The molecular weight excluding hydrogens is 378 g/mol. The number of nitrogens with one attached hydrogen (secondary N) is 1. The number of nitrogens with zero attached hydrogens (tertiary/aromatic N) is 2. The summed E-state index contributed by atoms with van der Waals surface area (Å²) in [5.41, 5.74) is 6.10. The fourth-order valence-electron chi connectivity index (χ4n) is 2.87. The molecule has 0 aliphatic heterocycles. The van der Waals surface area contributed by atoms with Crippen molar-refractivity contribution in [1.29, 1.82) is 0 Å². The van der Waals surface area contributed by atoms with E-state index in [9.17, 15) is 4.79 Å². The summed E-state index contributed by atoms with van der Waals surface area (Å²) in [6.07, 6.45) is 5.48. The Bertz CT molecular complexity index is 983. The molecule has 0 saturated carbocycles. The predicted molar refractivity (Wildman–Crippen MR) is 117 cm³/mol. The molecule has 1 N–H and O–H groups in total.